The lowest BCUT2D eigenvalue weighted by atomic mass is 9.84. The molecule has 0 spiro atoms. The van der Waals surface area contributed by atoms with Gasteiger partial charge in [-0.2, -0.15) is 5.10 Å². The molecule has 6 heteroatoms. The second kappa shape index (κ2) is 6.27. The Morgan fingerprint density at radius 1 is 1.15 bits per heavy atom. The minimum absolute atomic E-state index is 0.189. The van der Waals surface area contributed by atoms with Crippen LogP contribution < -0.4 is 5.32 Å². The number of hydrogen-bond acceptors (Lipinski definition) is 3. The number of carbonyl (C=O) groups is 2. The Hall–Kier alpha value is -2.63. The zero-order valence-corrected chi connectivity index (χ0v) is 15.0. The van der Waals surface area contributed by atoms with Crippen LogP contribution in [0.4, 0.5) is 0 Å². The number of aliphatic carboxylic acids is 1. The number of benzene rings is 1. The van der Waals surface area contributed by atoms with Gasteiger partial charge in [0.05, 0.1) is 11.6 Å². The van der Waals surface area contributed by atoms with E-state index in [2.05, 4.69) is 10.4 Å². The van der Waals surface area contributed by atoms with Crippen LogP contribution in [0.15, 0.2) is 30.3 Å². The van der Waals surface area contributed by atoms with Crippen LogP contribution in [0.5, 0.6) is 0 Å². The van der Waals surface area contributed by atoms with Crippen LogP contribution >= 0.6 is 0 Å². The fourth-order valence-electron chi connectivity index (χ4n) is 4.61. The summed E-state index contributed by atoms with van der Waals surface area (Å²) in [4.78, 5) is 24.3. The summed E-state index contributed by atoms with van der Waals surface area (Å²) >= 11 is 0. The van der Waals surface area contributed by atoms with Crippen molar-refractivity contribution in [2.45, 2.75) is 39.2 Å². The van der Waals surface area contributed by atoms with Crippen LogP contribution in [0.1, 0.15) is 41.0 Å². The largest absolute Gasteiger partial charge is 0.481 e. The molecule has 2 aliphatic rings. The molecule has 1 amide bonds. The van der Waals surface area contributed by atoms with E-state index in [1.54, 1.807) is 10.7 Å². The van der Waals surface area contributed by atoms with E-state index in [1.165, 1.54) is 0 Å². The summed E-state index contributed by atoms with van der Waals surface area (Å²) in [6, 6.07) is 9.40. The van der Waals surface area contributed by atoms with Gasteiger partial charge in [-0.3, -0.25) is 9.59 Å². The highest BCUT2D eigenvalue weighted by atomic mass is 16.4. The normalized spacial score (nSPS) is 26.8. The van der Waals surface area contributed by atoms with Gasteiger partial charge in [-0.15, -0.1) is 0 Å². The van der Waals surface area contributed by atoms with Crippen LogP contribution in [-0.2, 0) is 4.79 Å². The maximum atomic E-state index is 12.7. The number of nitrogens with one attached hydrogen (secondary N) is 1. The van der Waals surface area contributed by atoms with E-state index in [-0.39, 0.29) is 23.8 Å². The second-order valence-corrected chi connectivity index (χ2v) is 7.61. The number of carbonyl (C=O) groups excluding carboxylic acids is 1. The average Bonchev–Trinajstić information content (AvgIpc) is 3.30. The van der Waals surface area contributed by atoms with Gasteiger partial charge < -0.3 is 10.4 Å². The minimum Gasteiger partial charge on any atom is -0.481 e. The van der Waals surface area contributed by atoms with Crippen molar-refractivity contribution in [2.75, 3.05) is 0 Å². The average molecular weight is 353 g/mol. The molecule has 2 aromatic rings. The number of rotatable bonds is 4. The standard InChI is InChI=1S/C20H23N3O3/c1-11-3-7-15(8-4-11)23-12(2)9-16(22-23)19(24)21-18-14-6-5-13(10-14)17(18)20(25)26/h3-4,7-9,13-14,17-18H,5-6,10H2,1-2H3,(H,21,24)(H,25,26)/t13-,14+,17+,18-/m0/s1. The number of amides is 1. The maximum Gasteiger partial charge on any atom is 0.308 e. The summed E-state index contributed by atoms with van der Waals surface area (Å²) in [6.45, 7) is 3.92. The van der Waals surface area contributed by atoms with E-state index in [0.717, 1.165) is 36.2 Å². The van der Waals surface area contributed by atoms with Crippen LogP contribution in [0.2, 0.25) is 0 Å². The second-order valence-electron chi connectivity index (χ2n) is 7.61. The van der Waals surface area contributed by atoms with Crippen LogP contribution in [0.25, 0.3) is 5.69 Å². The van der Waals surface area contributed by atoms with E-state index >= 15 is 0 Å². The number of hydrogen-bond donors (Lipinski definition) is 2. The first kappa shape index (κ1) is 16.8. The molecule has 2 saturated carbocycles. The highest BCUT2D eigenvalue weighted by Crippen LogP contribution is 2.48. The first-order valence-electron chi connectivity index (χ1n) is 9.11. The lowest BCUT2D eigenvalue weighted by Gasteiger charge is -2.28. The Balaban J connectivity index is 1.55. The minimum atomic E-state index is -0.802. The summed E-state index contributed by atoms with van der Waals surface area (Å²) < 4.78 is 1.74. The smallest absolute Gasteiger partial charge is 0.308 e. The Labute approximate surface area is 152 Å². The number of carboxylic acids is 1. The lowest BCUT2D eigenvalue weighted by molar-refractivity contribution is -0.144. The van der Waals surface area contributed by atoms with Gasteiger partial charge in [0.2, 0.25) is 0 Å². The molecule has 2 fully saturated rings. The molecule has 1 aromatic heterocycles. The van der Waals surface area contributed by atoms with E-state index in [1.807, 2.05) is 38.1 Å². The van der Waals surface area contributed by atoms with Gasteiger partial charge in [0.25, 0.3) is 5.91 Å². The molecule has 1 aromatic carbocycles. The molecule has 136 valence electrons. The van der Waals surface area contributed by atoms with Gasteiger partial charge in [0.1, 0.15) is 0 Å². The number of aryl methyl sites for hydroxylation is 2. The van der Waals surface area contributed by atoms with Crippen molar-refractivity contribution in [3.05, 3.63) is 47.3 Å². The van der Waals surface area contributed by atoms with E-state index in [0.29, 0.717) is 5.69 Å². The summed E-state index contributed by atoms with van der Waals surface area (Å²) in [5, 5.41) is 16.9. The fraction of sp³-hybridized carbons (Fsp3) is 0.450. The lowest BCUT2D eigenvalue weighted by Crippen LogP contribution is -2.46. The predicted molar refractivity (Wildman–Crippen MR) is 96.2 cm³/mol. The first-order valence-corrected chi connectivity index (χ1v) is 9.11. The Kier molecular flexibility index (Phi) is 4.05. The molecule has 6 nitrogen and oxygen atoms in total. The third-order valence-corrected chi connectivity index (χ3v) is 5.90. The highest BCUT2D eigenvalue weighted by Gasteiger charge is 2.51. The first-order chi connectivity index (χ1) is 12.4. The molecular formula is C20H23N3O3. The molecule has 4 rings (SSSR count). The zero-order chi connectivity index (χ0) is 18.4. The predicted octanol–water partition coefficient (Wildman–Crippen LogP) is 2.72. The monoisotopic (exact) mass is 353 g/mol. The molecule has 0 radical (unpaired) electrons. The summed E-state index contributed by atoms with van der Waals surface area (Å²) in [5.74, 6) is -1.11. The molecular weight excluding hydrogens is 330 g/mol. The van der Waals surface area contributed by atoms with E-state index in [9.17, 15) is 14.7 Å². The Morgan fingerprint density at radius 3 is 2.54 bits per heavy atom. The number of fused-ring (bicyclic) bond motifs is 2. The van der Waals surface area contributed by atoms with Gasteiger partial charge in [-0.25, -0.2) is 4.68 Å². The van der Waals surface area contributed by atoms with Crippen molar-refractivity contribution in [1.82, 2.24) is 15.1 Å². The number of carboxylic acid groups (broad SMARTS) is 1. The molecule has 4 atom stereocenters. The quantitative estimate of drug-likeness (QED) is 0.885. The van der Waals surface area contributed by atoms with Gasteiger partial charge in [0.15, 0.2) is 5.69 Å². The van der Waals surface area contributed by atoms with Crippen molar-refractivity contribution in [2.24, 2.45) is 17.8 Å². The van der Waals surface area contributed by atoms with Crippen molar-refractivity contribution in [1.29, 1.82) is 0 Å². The topological polar surface area (TPSA) is 84.2 Å². The van der Waals surface area contributed by atoms with Crippen LogP contribution in [-0.4, -0.2) is 32.8 Å². The SMILES string of the molecule is Cc1ccc(-n2nc(C(=O)N[C@H]3[C@@H]4CC[C@@H](C4)[C@H]3C(=O)O)cc2C)cc1. The number of aromatic nitrogens is 2. The summed E-state index contributed by atoms with van der Waals surface area (Å²) in [7, 11) is 0. The van der Waals surface area contributed by atoms with Crippen molar-refractivity contribution >= 4 is 11.9 Å². The summed E-state index contributed by atoms with van der Waals surface area (Å²) in [5.41, 5.74) is 3.25. The maximum absolute atomic E-state index is 12.7. The zero-order valence-electron chi connectivity index (χ0n) is 15.0. The van der Waals surface area contributed by atoms with Gasteiger partial charge in [-0.05, 0) is 63.1 Å². The molecule has 0 unspecified atom stereocenters. The van der Waals surface area contributed by atoms with Gasteiger partial charge in [0, 0.05) is 11.7 Å². The molecule has 2 aliphatic carbocycles. The van der Waals surface area contributed by atoms with Crippen LogP contribution in [0.3, 0.4) is 0 Å². The molecule has 26 heavy (non-hydrogen) atoms. The van der Waals surface area contributed by atoms with Crippen molar-refractivity contribution in [3.8, 4) is 5.69 Å². The van der Waals surface area contributed by atoms with E-state index in [4.69, 9.17) is 0 Å². The Morgan fingerprint density at radius 2 is 1.85 bits per heavy atom. The highest BCUT2D eigenvalue weighted by molar-refractivity contribution is 5.93. The van der Waals surface area contributed by atoms with E-state index < -0.39 is 11.9 Å². The molecule has 0 saturated heterocycles. The third-order valence-electron chi connectivity index (χ3n) is 5.90. The van der Waals surface area contributed by atoms with Crippen molar-refractivity contribution in [3.63, 3.8) is 0 Å². The molecule has 2 bridgehead atoms. The van der Waals surface area contributed by atoms with Gasteiger partial charge >= 0.3 is 5.97 Å². The summed E-state index contributed by atoms with van der Waals surface area (Å²) in [6.07, 6.45) is 2.85. The molecule has 0 aliphatic heterocycles. The third kappa shape index (κ3) is 2.79. The van der Waals surface area contributed by atoms with Gasteiger partial charge in [-0.1, -0.05) is 17.7 Å². The van der Waals surface area contributed by atoms with Crippen molar-refractivity contribution < 1.29 is 14.7 Å². The van der Waals surface area contributed by atoms with Crippen LogP contribution in [0, 0.1) is 31.6 Å². The fourth-order valence-corrected chi connectivity index (χ4v) is 4.61. The molecule has 2 N–H and O–H groups in total. The number of nitrogens with zero attached hydrogens (tertiary/aromatic N) is 2. The molecule has 1 heterocycles. The Bertz CT molecular complexity index is 856.